The Morgan fingerprint density at radius 2 is 1.96 bits per heavy atom. The Bertz CT molecular complexity index is 693. The van der Waals surface area contributed by atoms with Gasteiger partial charge in [-0.1, -0.05) is 30.7 Å². The molecule has 2 aliphatic carbocycles. The molecule has 1 saturated carbocycles. The van der Waals surface area contributed by atoms with Crippen molar-refractivity contribution in [2.24, 2.45) is 23.7 Å². The van der Waals surface area contributed by atoms with Crippen LogP contribution in [0.25, 0.3) is 0 Å². The highest BCUT2D eigenvalue weighted by Crippen LogP contribution is 2.43. The first-order valence-corrected chi connectivity index (χ1v) is 10.2. The second-order valence-electron chi connectivity index (χ2n) is 7.92. The van der Waals surface area contributed by atoms with E-state index >= 15 is 0 Å². The van der Waals surface area contributed by atoms with Gasteiger partial charge < -0.3 is 14.6 Å². The van der Waals surface area contributed by atoms with Gasteiger partial charge in [-0.2, -0.15) is 0 Å². The van der Waals surface area contributed by atoms with Gasteiger partial charge in [0, 0.05) is 19.4 Å². The normalized spacial score (nSPS) is 26.7. The van der Waals surface area contributed by atoms with Crippen molar-refractivity contribution in [3.8, 4) is 5.75 Å². The second-order valence-corrected chi connectivity index (χ2v) is 7.92. The largest absolute Gasteiger partial charge is 0.497 e. The minimum atomic E-state index is -0.713. The number of carboxylic acid groups (broad SMARTS) is 1. The average Bonchev–Trinajstić information content (AvgIpc) is 2.70. The van der Waals surface area contributed by atoms with Crippen molar-refractivity contribution in [1.82, 2.24) is 0 Å². The second kappa shape index (κ2) is 9.87. The van der Waals surface area contributed by atoms with Crippen LogP contribution in [-0.2, 0) is 20.9 Å². The lowest BCUT2D eigenvalue weighted by Gasteiger charge is -2.39. The van der Waals surface area contributed by atoms with Crippen LogP contribution in [0.3, 0.4) is 0 Å². The maximum absolute atomic E-state index is 11.9. The molecule has 0 aromatic heterocycles. The molecule has 0 spiro atoms. The van der Waals surface area contributed by atoms with Crippen LogP contribution in [-0.4, -0.2) is 30.6 Å². The van der Waals surface area contributed by atoms with Crippen LogP contribution in [0.4, 0.5) is 0 Å². The Labute approximate surface area is 166 Å². The zero-order valence-electron chi connectivity index (χ0n) is 16.5. The Kier molecular flexibility index (Phi) is 7.26. The Hall–Kier alpha value is -2.14. The van der Waals surface area contributed by atoms with Gasteiger partial charge in [-0.3, -0.25) is 9.59 Å². The SMILES string of the molecule is COc1ccc(COCCCC[C@@H]2C=C[C@@H]3CC(=O)CC[C@H]3[C@@H]2C(=O)O)cc1. The third-order valence-electron chi connectivity index (χ3n) is 6.09. The molecule has 0 aliphatic heterocycles. The van der Waals surface area contributed by atoms with E-state index in [0.29, 0.717) is 32.5 Å². The van der Waals surface area contributed by atoms with Crippen LogP contribution in [0.1, 0.15) is 44.1 Å². The predicted octanol–water partition coefficient (Wildman–Crippen LogP) is 4.25. The molecule has 5 nitrogen and oxygen atoms in total. The number of methoxy groups -OCH3 is 1. The zero-order valence-corrected chi connectivity index (χ0v) is 16.5. The summed E-state index contributed by atoms with van der Waals surface area (Å²) in [5.41, 5.74) is 1.11. The van der Waals surface area contributed by atoms with Gasteiger partial charge >= 0.3 is 5.97 Å². The van der Waals surface area contributed by atoms with Crippen molar-refractivity contribution >= 4 is 11.8 Å². The molecule has 0 amide bonds. The van der Waals surface area contributed by atoms with E-state index in [1.165, 1.54) is 0 Å². The highest BCUT2D eigenvalue weighted by Gasteiger charge is 2.42. The number of benzene rings is 1. The fourth-order valence-corrected chi connectivity index (χ4v) is 4.58. The van der Waals surface area contributed by atoms with Gasteiger partial charge in [0.25, 0.3) is 0 Å². The third kappa shape index (κ3) is 5.22. The lowest BCUT2D eigenvalue weighted by atomic mass is 9.64. The molecule has 1 fully saturated rings. The lowest BCUT2D eigenvalue weighted by molar-refractivity contribution is -0.148. The van der Waals surface area contributed by atoms with Crippen LogP contribution in [0, 0.1) is 23.7 Å². The number of ketones is 1. The highest BCUT2D eigenvalue weighted by molar-refractivity contribution is 5.80. The Balaban J connectivity index is 1.41. The highest BCUT2D eigenvalue weighted by atomic mass is 16.5. The maximum Gasteiger partial charge on any atom is 0.307 e. The summed E-state index contributed by atoms with van der Waals surface area (Å²) < 4.78 is 10.9. The van der Waals surface area contributed by atoms with E-state index in [0.717, 1.165) is 30.6 Å². The smallest absolute Gasteiger partial charge is 0.307 e. The summed E-state index contributed by atoms with van der Waals surface area (Å²) in [6.07, 6.45) is 8.63. The maximum atomic E-state index is 11.9. The van der Waals surface area contributed by atoms with Crippen molar-refractivity contribution in [2.75, 3.05) is 13.7 Å². The van der Waals surface area contributed by atoms with Crippen molar-refractivity contribution in [1.29, 1.82) is 0 Å². The molecule has 152 valence electrons. The number of allylic oxidation sites excluding steroid dienone is 2. The molecule has 3 rings (SSSR count). The van der Waals surface area contributed by atoms with E-state index in [1.54, 1.807) is 7.11 Å². The number of fused-ring (bicyclic) bond motifs is 1. The average molecular weight is 386 g/mol. The summed E-state index contributed by atoms with van der Waals surface area (Å²) in [6.45, 7) is 1.24. The van der Waals surface area contributed by atoms with Crippen molar-refractivity contribution in [3.63, 3.8) is 0 Å². The van der Waals surface area contributed by atoms with Crippen LogP contribution < -0.4 is 4.74 Å². The number of hydrogen-bond acceptors (Lipinski definition) is 4. The first-order chi connectivity index (χ1) is 13.6. The number of carbonyl (C=O) groups excluding carboxylic acids is 1. The summed E-state index contributed by atoms with van der Waals surface area (Å²) in [7, 11) is 1.65. The molecular weight excluding hydrogens is 356 g/mol. The van der Waals surface area contributed by atoms with E-state index in [1.807, 2.05) is 24.3 Å². The summed E-state index contributed by atoms with van der Waals surface area (Å²) in [5, 5.41) is 9.77. The quantitative estimate of drug-likeness (QED) is 0.507. The van der Waals surface area contributed by atoms with Crippen molar-refractivity contribution in [3.05, 3.63) is 42.0 Å². The molecule has 0 bridgehead atoms. The van der Waals surface area contributed by atoms with Crippen LogP contribution >= 0.6 is 0 Å². The fraction of sp³-hybridized carbons (Fsp3) is 0.565. The Morgan fingerprint density at radius 1 is 1.18 bits per heavy atom. The molecule has 1 aromatic carbocycles. The Morgan fingerprint density at radius 3 is 2.68 bits per heavy atom. The van der Waals surface area contributed by atoms with Crippen LogP contribution in [0.2, 0.25) is 0 Å². The number of Topliss-reactive ketones (excluding diaryl/α,β-unsaturated/α-hetero) is 1. The van der Waals surface area contributed by atoms with E-state index < -0.39 is 5.97 Å². The molecule has 1 N–H and O–H groups in total. The first-order valence-electron chi connectivity index (χ1n) is 10.2. The number of unbranched alkanes of at least 4 members (excludes halogenated alkanes) is 1. The van der Waals surface area contributed by atoms with Crippen molar-refractivity contribution in [2.45, 2.75) is 45.1 Å². The van der Waals surface area contributed by atoms with Gasteiger partial charge in [0.2, 0.25) is 0 Å². The number of aliphatic carboxylic acids is 1. The van der Waals surface area contributed by atoms with Gasteiger partial charge in [0.05, 0.1) is 19.6 Å². The fourth-order valence-electron chi connectivity index (χ4n) is 4.58. The topological polar surface area (TPSA) is 72.8 Å². The van der Waals surface area contributed by atoms with E-state index in [4.69, 9.17) is 9.47 Å². The summed E-state index contributed by atoms with van der Waals surface area (Å²) in [5.74, 6) is 0.318. The van der Waals surface area contributed by atoms with Gasteiger partial charge in [-0.25, -0.2) is 0 Å². The molecule has 5 heteroatoms. The summed E-state index contributed by atoms with van der Waals surface area (Å²) in [6, 6.07) is 7.83. The molecule has 2 aliphatic rings. The van der Waals surface area contributed by atoms with Gasteiger partial charge in [0.15, 0.2) is 0 Å². The molecule has 0 saturated heterocycles. The van der Waals surface area contributed by atoms with Gasteiger partial charge in [0.1, 0.15) is 11.5 Å². The van der Waals surface area contributed by atoms with E-state index in [-0.39, 0.29) is 29.5 Å². The summed E-state index contributed by atoms with van der Waals surface area (Å²) >= 11 is 0. The lowest BCUT2D eigenvalue weighted by Crippen LogP contribution is -2.40. The first kappa shape index (κ1) is 20.6. The molecule has 0 heterocycles. The molecule has 28 heavy (non-hydrogen) atoms. The molecule has 0 unspecified atom stereocenters. The van der Waals surface area contributed by atoms with Gasteiger partial charge in [-0.05, 0) is 54.7 Å². The molecule has 4 atom stereocenters. The number of ether oxygens (including phenoxy) is 2. The predicted molar refractivity (Wildman–Crippen MR) is 106 cm³/mol. The van der Waals surface area contributed by atoms with Gasteiger partial charge in [-0.15, -0.1) is 0 Å². The molecule has 0 radical (unpaired) electrons. The summed E-state index contributed by atoms with van der Waals surface area (Å²) in [4.78, 5) is 23.6. The molecule has 1 aromatic rings. The number of carbonyl (C=O) groups is 2. The van der Waals surface area contributed by atoms with Crippen molar-refractivity contribution < 1.29 is 24.2 Å². The monoisotopic (exact) mass is 386 g/mol. The number of carboxylic acids is 1. The minimum Gasteiger partial charge on any atom is -0.497 e. The van der Waals surface area contributed by atoms with Crippen LogP contribution in [0.15, 0.2) is 36.4 Å². The molecular formula is C23H30O5. The number of hydrogen-bond donors (Lipinski definition) is 1. The zero-order chi connectivity index (χ0) is 19.9. The number of rotatable bonds is 9. The van der Waals surface area contributed by atoms with E-state index in [2.05, 4.69) is 12.2 Å². The minimum absolute atomic E-state index is 0.0635. The third-order valence-corrected chi connectivity index (χ3v) is 6.09. The van der Waals surface area contributed by atoms with Crippen LogP contribution in [0.5, 0.6) is 5.75 Å². The van der Waals surface area contributed by atoms with E-state index in [9.17, 15) is 14.7 Å². The standard InChI is InChI=1S/C23H30O5/c1-27-20-10-5-16(6-11-20)15-28-13-3-2-4-17-7-8-18-14-19(24)9-12-21(18)22(17)23(25)26/h5-8,10-11,17-18,21-22H,2-4,9,12-15H2,1H3,(H,25,26)/t17-,18-,21-,22-/m1/s1.